The van der Waals surface area contributed by atoms with E-state index in [1.54, 1.807) is 25.2 Å². The summed E-state index contributed by atoms with van der Waals surface area (Å²) in [6, 6.07) is 4.92. The van der Waals surface area contributed by atoms with Crippen LogP contribution in [-0.4, -0.2) is 62.6 Å². The number of H-pyrrole nitrogens is 1. The van der Waals surface area contributed by atoms with Crippen LogP contribution < -0.4 is 0 Å². The van der Waals surface area contributed by atoms with Crippen molar-refractivity contribution in [3.63, 3.8) is 0 Å². The smallest absolute Gasteiger partial charge is 0.245 e. The van der Waals surface area contributed by atoms with Crippen LogP contribution in [0.25, 0.3) is 10.9 Å². The molecule has 0 amide bonds. The number of nitrogens with one attached hydrogen (secondary N) is 1. The molecule has 0 radical (unpaired) electrons. The number of likely N-dealkylation sites (tertiary alicyclic amines) is 1. The molecule has 0 spiro atoms. The van der Waals surface area contributed by atoms with Gasteiger partial charge in [-0.1, -0.05) is 11.6 Å². The summed E-state index contributed by atoms with van der Waals surface area (Å²) in [6.45, 7) is 2.35. The number of rotatable bonds is 5. The average molecular weight is 384 g/mol. The molecule has 1 aliphatic rings. The van der Waals surface area contributed by atoms with Gasteiger partial charge in [0.2, 0.25) is 10.0 Å². The Labute approximate surface area is 152 Å². The van der Waals surface area contributed by atoms with E-state index in [4.69, 9.17) is 11.6 Å². The van der Waals surface area contributed by atoms with Gasteiger partial charge in [-0.2, -0.15) is 0 Å². The van der Waals surface area contributed by atoms with E-state index in [2.05, 4.69) is 9.88 Å². The standard InChI is InChI=1S/C17H22ClN3O3S/c1-20-7-3-4-12(9-20)10-21(2)25(23,24)17-14-8-13(18)5-6-15(14)19-16(17)11-22/h5-6,8,11-12,19H,3-4,7,9-10H2,1-2H3. The van der Waals surface area contributed by atoms with Gasteiger partial charge in [0.05, 0.1) is 5.69 Å². The number of fused-ring (bicyclic) bond motifs is 1. The third kappa shape index (κ3) is 3.60. The molecule has 8 heteroatoms. The van der Waals surface area contributed by atoms with E-state index >= 15 is 0 Å². The molecule has 3 rings (SSSR count). The molecule has 1 aliphatic heterocycles. The first kappa shape index (κ1) is 18.4. The summed E-state index contributed by atoms with van der Waals surface area (Å²) >= 11 is 6.03. The molecule has 0 bridgehead atoms. The first-order valence-corrected chi connectivity index (χ1v) is 10.1. The van der Waals surface area contributed by atoms with Crippen LogP contribution in [0.15, 0.2) is 23.1 Å². The second kappa shape index (κ2) is 7.07. The number of piperidine rings is 1. The summed E-state index contributed by atoms with van der Waals surface area (Å²) in [5.41, 5.74) is 0.640. The van der Waals surface area contributed by atoms with E-state index in [0.29, 0.717) is 28.8 Å². The SMILES string of the molecule is CN1CCCC(CN(C)S(=O)(=O)c2c(C=O)[nH]c3ccc(Cl)cc23)C1. The first-order chi connectivity index (χ1) is 11.8. The molecule has 2 aromatic rings. The highest BCUT2D eigenvalue weighted by Crippen LogP contribution is 2.31. The van der Waals surface area contributed by atoms with Crippen molar-refractivity contribution in [3.05, 3.63) is 28.9 Å². The van der Waals surface area contributed by atoms with Crippen LogP contribution >= 0.6 is 11.6 Å². The maximum Gasteiger partial charge on any atom is 0.245 e. The van der Waals surface area contributed by atoms with Gasteiger partial charge in [-0.3, -0.25) is 4.79 Å². The molecular formula is C17H22ClN3O3S. The highest BCUT2D eigenvalue weighted by molar-refractivity contribution is 7.89. The van der Waals surface area contributed by atoms with Gasteiger partial charge < -0.3 is 9.88 Å². The quantitative estimate of drug-likeness (QED) is 0.805. The Morgan fingerprint density at radius 2 is 2.20 bits per heavy atom. The van der Waals surface area contributed by atoms with E-state index in [1.165, 1.54) is 4.31 Å². The normalized spacial score (nSPS) is 19.6. The van der Waals surface area contributed by atoms with Crippen molar-refractivity contribution in [2.75, 3.05) is 33.7 Å². The van der Waals surface area contributed by atoms with Crippen molar-refractivity contribution in [2.24, 2.45) is 5.92 Å². The number of benzene rings is 1. The summed E-state index contributed by atoms with van der Waals surface area (Å²) in [4.78, 5) is 16.5. The highest BCUT2D eigenvalue weighted by atomic mass is 35.5. The van der Waals surface area contributed by atoms with Crippen molar-refractivity contribution >= 4 is 38.8 Å². The number of sulfonamides is 1. The Balaban J connectivity index is 1.97. The molecular weight excluding hydrogens is 362 g/mol. The Kier molecular flexibility index (Phi) is 5.20. The zero-order chi connectivity index (χ0) is 18.2. The minimum Gasteiger partial charge on any atom is -0.351 e. The lowest BCUT2D eigenvalue weighted by atomic mass is 9.99. The van der Waals surface area contributed by atoms with Gasteiger partial charge in [-0.05, 0) is 50.6 Å². The van der Waals surface area contributed by atoms with E-state index in [0.717, 1.165) is 25.9 Å². The van der Waals surface area contributed by atoms with Gasteiger partial charge in [0.25, 0.3) is 0 Å². The van der Waals surface area contributed by atoms with Gasteiger partial charge in [0, 0.05) is 36.1 Å². The summed E-state index contributed by atoms with van der Waals surface area (Å²) in [5, 5.41) is 0.874. The molecule has 136 valence electrons. The van der Waals surface area contributed by atoms with Crippen LogP contribution in [0.3, 0.4) is 0 Å². The van der Waals surface area contributed by atoms with Crippen molar-refractivity contribution in [1.29, 1.82) is 0 Å². The number of hydrogen-bond acceptors (Lipinski definition) is 4. The van der Waals surface area contributed by atoms with Gasteiger partial charge >= 0.3 is 0 Å². The zero-order valence-corrected chi connectivity index (χ0v) is 15.9. The monoisotopic (exact) mass is 383 g/mol. The molecule has 1 fully saturated rings. The van der Waals surface area contributed by atoms with Crippen LogP contribution in [0.5, 0.6) is 0 Å². The third-order valence-electron chi connectivity index (χ3n) is 4.76. The molecule has 25 heavy (non-hydrogen) atoms. The molecule has 2 heterocycles. The van der Waals surface area contributed by atoms with Gasteiger partial charge in [-0.25, -0.2) is 12.7 Å². The number of aldehydes is 1. The second-order valence-electron chi connectivity index (χ2n) is 6.73. The minimum atomic E-state index is -3.80. The summed E-state index contributed by atoms with van der Waals surface area (Å²) < 4.78 is 27.6. The maximum atomic E-state index is 13.1. The van der Waals surface area contributed by atoms with E-state index in [1.807, 2.05) is 7.05 Å². The summed E-state index contributed by atoms with van der Waals surface area (Å²) in [6.07, 6.45) is 2.62. The van der Waals surface area contributed by atoms with Crippen molar-refractivity contribution in [2.45, 2.75) is 17.7 Å². The van der Waals surface area contributed by atoms with Crippen LogP contribution in [0.2, 0.25) is 5.02 Å². The molecule has 6 nitrogen and oxygen atoms in total. The summed E-state index contributed by atoms with van der Waals surface area (Å²) in [5.74, 6) is 0.284. The topological polar surface area (TPSA) is 73.5 Å². The van der Waals surface area contributed by atoms with Crippen molar-refractivity contribution < 1.29 is 13.2 Å². The molecule has 0 saturated carbocycles. The molecule has 1 saturated heterocycles. The van der Waals surface area contributed by atoms with Gasteiger partial charge in [-0.15, -0.1) is 0 Å². The fraction of sp³-hybridized carbons (Fsp3) is 0.471. The number of aromatic amines is 1. The fourth-order valence-electron chi connectivity index (χ4n) is 3.56. The van der Waals surface area contributed by atoms with Crippen molar-refractivity contribution in [1.82, 2.24) is 14.2 Å². The molecule has 1 aromatic heterocycles. The number of hydrogen-bond donors (Lipinski definition) is 1. The molecule has 1 N–H and O–H groups in total. The predicted octanol–water partition coefficient (Wildman–Crippen LogP) is 2.60. The number of carbonyl (C=O) groups excluding carboxylic acids is 1. The largest absolute Gasteiger partial charge is 0.351 e. The van der Waals surface area contributed by atoms with Crippen LogP contribution in [-0.2, 0) is 10.0 Å². The number of nitrogens with zero attached hydrogens (tertiary/aromatic N) is 2. The lowest BCUT2D eigenvalue weighted by Gasteiger charge is -2.32. The Morgan fingerprint density at radius 3 is 2.88 bits per heavy atom. The first-order valence-electron chi connectivity index (χ1n) is 8.24. The number of halogens is 1. The maximum absolute atomic E-state index is 13.1. The van der Waals surface area contributed by atoms with Gasteiger partial charge in [0.15, 0.2) is 6.29 Å². The van der Waals surface area contributed by atoms with E-state index < -0.39 is 10.0 Å². The lowest BCUT2D eigenvalue weighted by molar-refractivity contribution is 0.111. The van der Waals surface area contributed by atoms with Crippen molar-refractivity contribution in [3.8, 4) is 0 Å². The average Bonchev–Trinajstić information content (AvgIpc) is 2.93. The number of carbonyl (C=O) groups is 1. The number of aromatic nitrogens is 1. The lowest BCUT2D eigenvalue weighted by Crippen LogP contribution is -2.40. The zero-order valence-electron chi connectivity index (χ0n) is 14.3. The van der Waals surface area contributed by atoms with Crippen LogP contribution in [0, 0.1) is 5.92 Å². The molecule has 1 unspecified atom stereocenters. The van der Waals surface area contributed by atoms with Crippen LogP contribution in [0.1, 0.15) is 23.3 Å². The predicted molar refractivity (Wildman–Crippen MR) is 98.7 cm³/mol. The van der Waals surface area contributed by atoms with Gasteiger partial charge in [0.1, 0.15) is 4.90 Å². The van der Waals surface area contributed by atoms with E-state index in [9.17, 15) is 13.2 Å². The van der Waals surface area contributed by atoms with E-state index in [-0.39, 0.29) is 16.5 Å². The molecule has 1 aromatic carbocycles. The third-order valence-corrected chi connectivity index (χ3v) is 6.92. The Bertz CT molecular complexity index is 894. The second-order valence-corrected chi connectivity index (χ2v) is 9.15. The minimum absolute atomic E-state index is 0.00617. The Hall–Kier alpha value is -1.41. The fourth-order valence-corrected chi connectivity index (χ4v) is 5.28. The molecule has 0 aliphatic carbocycles. The highest BCUT2D eigenvalue weighted by Gasteiger charge is 2.30. The van der Waals surface area contributed by atoms with Crippen LogP contribution in [0.4, 0.5) is 0 Å². The molecule has 1 atom stereocenters. The summed E-state index contributed by atoms with van der Waals surface area (Å²) in [7, 11) is -0.185. The Morgan fingerprint density at radius 1 is 1.44 bits per heavy atom.